The quantitative estimate of drug-likeness (QED) is 0.288. The number of hydrogen-bond acceptors (Lipinski definition) is 8. The van der Waals surface area contributed by atoms with E-state index < -0.39 is 5.60 Å². The molecule has 1 aliphatic heterocycles. The van der Waals surface area contributed by atoms with Crippen LogP contribution in [0.4, 0.5) is 0 Å². The maximum absolute atomic E-state index is 14.3. The monoisotopic (exact) mass is 589 g/mol. The zero-order valence-electron chi connectivity index (χ0n) is 24.3. The van der Waals surface area contributed by atoms with Gasteiger partial charge in [0, 0.05) is 50.8 Å². The zero-order chi connectivity index (χ0) is 29.1. The Labute approximate surface area is 250 Å². The highest BCUT2D eigenvalue weighted by Crippen LogP contribution is 2.41. The first kappa shape index (κ1) is 28.8. The van der Waals surface area contributed by atoms with Gasteiger partial charge in [-0.3, -0.25) is 4.79 Å². The maximum Gasteiger partial charge on any atom is 0.275 e. The summed E-state index contributed by atoms with van der Waals surface area (Å²) in [5.41, 5.74) is 2.01. The third-order valence-corrected chi connectivity index (χ3v) is 9.48. The second kappa shape index (κ2) is 12.5. The number of piperazine rings is 1. The first-order chi connectivity index (χ1) is 20.5. The van der Waals surface area contributed by atoms with Crippen LogP contribution in [-0.2, 0) is 4.74 Å². The summed E-state index contributed by atoms with van der Waals surface area (Å²) in [6, 6.07) is 15.7. The van der Waals surface area contributed by atoms with E-state index in [1.54, 1.807) is 24.8 Å². The van der Waals surface area contributed by atoms with E-state index in [2.05, 4.69) is 16.4 Å². The molecule has 3 heterocycles. The van der Waals surface area contributed by atoms with Crippen molar-refractivity contribution in [1.29, 1.82) is 0 Å². The first-order valence-corrected chi connectivity index (χ1v) is 15.6. The number of fused-ring (bicyclic) bond motifs is 1. The smallest absolute Gasteiger partial charge is 0.275 e. The number of aromatic nitrogens is 3. The molecule has 2 aromatic heterocycles. The van der Waals surface area contributed by atoms with Crippen molar-refractivity contribution in [3.63, 3.8) is 0 Å². The summed E-state index contributed by atoms with van der Waals surface area (Å²) < 4.78 is 14.8. The number of methoxy groups -OCH3 is 1. The number of aliphatic hydroxyl groups is 1. The van der Waals surface area contributed by atoms with Crippen LogP contribution in [0.2, 0.25) is 0 Å². The molecule has 1 aliphatic carbocycles. The van der Waals surface area contributed by atoms with E-state index in [-0.39, 0.29) is 24.6 Å². The van der Waals surface area contributed by atoms with E-state index in [0.29, 0.717) is 38.2 Å². The van der Waals surface area contributed by atoms with Gasteiger partial charge in [-0.15, -0.1) is 11.3 Å². The Morgan fingerprint density at radius 3 is 2.90 bits per heavy atom. The molecule has 222 valence electrons. The largest absolute Gasteiger partial charge is 0.493 e. The number of ether oxygens (including phenoxy) is 2. The second-order valence-corrected chi connectivity index (χ2v) is 12.6. The molecule has 9 nitrogen and oxygen atoms in total. The molecule has 3 atom stereocenters. The van der Waals surface area contributed by atoms with E-state index in [1.807, 2.05) is 58.9 Å². The number of nitrogens with zero attached hydrogens (tertiary/aromatic N) is 4. The standard InChI is InChI=1S/C32H39N5O4S/c1-22-35-26-18-25(11-12-27(26)42-22)41-17-13-24-19-33-15-16-36(24)31(38)29-30(23-8-4-3-5-9-23)37(21-34-29)28-10-6-7-14-32(28,39)20-40-2/h3-5,8-9,11-12,18,21,24,28,33,39H,6-7,10,13-17,19-20H2,1-2H3/t24-,28-,32?/m1/s1. The van der Waals surface area contributed by atoms with Gasteiger partial charge in [0.2, 0.25) is 0 Å². The summed E-state index contributed by atoms with van der Waals surface area (Å²) >= 11 is 1.67. The van der Waals surface area contributed by atoms with Crippen molar-refractivity contribution in [2.45, 2.75) is 56.7 Å². The Balaban J connectivity index is 1.25. The third-order valence-electron chi connectivity index (χ3n) is 8.53. The highest BCUT2D eigenvalue weighted by atomic mass is 32.1. The number of imidazole rings is 1. The maximum atomic E-state index is 14.3. The van der Waals surface area contributed by atoms with Crippen LogP contribution < -0.4 is 10.1 Å². The lowest BCUT2D eigenvalue weighted by molar-refractivity contribution is -0.0893. The van der Waals surface area contributed by atoms with Crippen molar-refractivity contribution in [2.24, 2.45) is 0 Å². The molecule has 4 aromatic rings. The molecule has 2 aliphatic rings. The summed E-state index contributed by atoms with van der Waals surface area (Å²) in [5, 5.41) is 16.1. The SMILES string of the molecule is COCC1(O)CCCC[C@H]1n1cnc(C(=O)N2CCNC[C@H]2CCOc2ccc3sc(C)nc3c2)c1-c1ccccc1. The molecule has 2 N–H and O–H groups in total. The number of carbonyl (C=O) groups is 1. The first-order valence-electron chi connectivity index (χ1n) is 14.8. The van der Waals surface area contributed by atoms with E-state index in [9.17, 15) is 9.90 Å². The van der Waals surface area contributed by atoms with Gasteiger partial charge in [-0.2, -0.15) is 0 Å². The van der Waals surface area contributed by atoms with Crippen LogP contribution in [0, 0.1) is 6.92 Å². The Morgan fingerprint density at radius 1 is 1.21 bits per heavy atom. The molecule has 1 unspecified atom stereocenters. The predicted molar refractivity (Wildman–Crippen MR) is 164 cm³/mol. The van der Waals surface area contributed by atoms with Crippen LogP contribution in [0.1, 0.15) is 53.6 Å². The molecule has 1 amide bonds. The molecule has 2 aromatic carbocycles. The molecule has 2 fully saturated rings. The van der Waals surface area contributed by atoms with Gasteiger partial charge in [-0.05, 0) is 31.9 Å². The highest BCUT2D eigenvalue weighted by molar-refractivity contribution is 7.18. The molecule has 10 heteroatoms. The van der Waals surface area contributed by atoms with Crippen molar-refractivity contribution in [3.05, 3.63) is 65.6 Å². The average molecular weight is 590 g/mol. The number of hydrogen-bond donors (Lipinski definition) is 2. The fourth-order valence-corrected chi connectivity index (χ4v) is 7.31. The van der Waals surface area contributed by atoms with E-state index in [4.69, 9.17) is 14.5 Å². The van der Waals surface area contributed by atoms with Crippen LogP contribution >= 0.6 is 11.3 Å². The third kappa shape index (κ3) is 5.81. The van der Waals surface area contributed by atoms with E-state index in [0.717, 1.165) is 58.0 Å². The molecule has 0 spiro atoms. The van der Waals surface area contributed by atoms with Gasteiger partial charge < -0.3 is 29.4 Å². The number of rotatable bonds is 9. The lowest BCUT2D eigenvalue weighted by Crippen LogP contribution is -2.54. The predicted octanol–water partition coefficient (Wildman–Crippen LogP) is 4.84. The van der Waals surface area contributed by atoms with Gasteiger partial charge in [0.15, 0.2) is 5.69 Å². The summed E-state index contributed by atoms with van der Waals surface area (Å²) in [6.45, 7) is 4.73. The van der Waals surface area contributed by atoms with E-state index in [1.165, 1.54) is 0 Å². The molecule has 6 rings (SSSR count). The Morgan fingerprint density at radius 2 is 2.07 bits per heavy atom. The molecule has 0 radical (unpaired) electrons. The Kier molecular flexibility index (Phi) is 8.57. The van der Waals surface area contributed by atoms with Gasteiger partial charge in [-0.1, -0.05) is 43.2 Å². The second-order valence-electron chi connectivity index (χ2n) is 11.4. The van der Waals surface area contributed by atoms with Crippen LogP contribution in [0.25, 0.3) is 21.5 Å². The summed E-state index contributed by atoms with van der Waals surface area (Å²) in [4.78, 5) is 25.5. The summed E-state index contributed by atoms with van der Waals surface area (Å²) in [5.74, 6) is 0.695. The zero-order valence-corrected chi connectivity index (χ0v) is 25.1. The van der Waals surface area contributed by atoms with Gasteiger partial charge in [0.05, 0.1) is 46.5 Å². The minimum absolute atomic E-state index is 0.0367. The number of benzene rings is 2. The highest BCUT2D eigenvalue weighted by Gasteiger charge is 2.42. The molecule has 42 heavy (non-hydrogen) atoms. The van der Waals surface area contributed by atoms with Crippen LogP contribution in [0.15, 0.2) is 54.9 Å². The number of carbonyl (C=O) groups excluding carboxylic acids is 1. The topological polar surface area (TPSA) is 102 Å². The average Bonchev–Trinajstić information content (AvgIpc) is 3.60. The fraction of sp³-hybridized carbons (Fsp3) is 0.469. The number of aryl methyl sites for hydroxylation is 1. The van der Waals surface area contributed by atoms with Gasteiger partial charge >= 0.3 is 0 Å². The van der Waals surface area contributed by atoms with E-state index >= 15 is 0 Å². The van der Waals surface area contributed by atoms with Gasteiger partial charge in [0.25, 0.3) is 5.91 Å². The number of thiazole rings is 1. The van der Waals surface area contributed by atoms with Gasteiger partial charge in [0.1, 0.15) is 11.4 Å². The Hall–Kier alpha value is -3.31. The summed E-state index contributed by atoms with van der Waals surface area (Å²) in [7, 11) is 1.62. The molecule has 0 bridgehead atoms. The molecular weight excluding hydrogens is 550 g/mol. The normalized spacial score (nSPS) is 22.9. The molecular formula is C32H39N5O4S. The van der Waals surface area contributed by atoms with Crippen molar-refractivity contribution >= 4 is 27.5 Å². The molecule has 1 saturated heterocycles. The van der Waals surface area contributed by atoms with Crippen LogP contribution in [-0.4, -0.2) is 82.0 Å². The van der Waals surface area contributed by atoms with Crippen LogP contribution in [0.5, 0.6) is 5.75 Å². The minimum atomic E-state index is -1.02. The fourth-order valence-electron chi connectivity index (χ4n) is 6.50. The van der Waals surface area contributed by atoms with Crippen LogP contribution in [0.3, 0.4) is 0 Å². The number of nitrogens with one attached hydrogen (secondary N) is 1. The lowest BCUT2D eigenvalue weighted by Gasteiger charge is -2.41. The lowest BCUT2D eigenvalue weighted by atomic mass is 9.80. The minimum Gasteiger partial charge on any atom is -0.493 e. The van der Waals surface area contributed by atoms with Crippen molar-refractivity contribution in [2.75, 3.05) is 40.0 Å². The van der Waals surface area contributed by atoms with Crippen molar-refractivity contribution in [3.8, 4) is 17.0 Å². The van der Waals surface area contributed by atoms with Gasteiger partial charge in [-0.25, -0.2) is 9.97 Å². The van der Waals surface area contributed by atoms with Crippen molar-refractivity contribution in [1.82, 2.24) is 24.8 Å². The van der Waals surface area contributed by atoms with Crippen molar-refractivity contribution < 1.29 is 19.4 Å². The summed E-state index contributed by atoms with van der Waals surface area (Å²) in [6.07, 6.45) is 5.81. The molecule has 1 saturated carbocycles. The Bertz CT molecular complexity index is 1520. The number of amides is 1.